The Morgan fingerprint density at radius 2 is 1.53 bits per heavy atom. The van der Waals surface area contributed by atoms with Gasteiger partial charge in [-0.2, -0.15) is 31.3 Å². The molecule has 0 aliphatic rings. The van der Waals surface area contributed by atoms with Gasteiger partial charge in [0.15, 0.2) is 5.84 Å². The first-order valence-electron chi connectivity index (χ1n) is 7.64. The number of nitrogens with two attached hydrogens (primary N) is 1. The molecule has 0 saturated carbocycles. The summed E-state index contributed by atoms with van der Waals surface area (Å²) >= 11 is 0. The number of carbonyl (C=O) groups excluding carboxylic acids is 2. The van der Waals surface area contributed by atoms with Crippen LogP contribution in [-0.2, 0) is 25.2 Å². The summed E-state index contributed by atoms with van der Waals surface area (Å²) < 4.78 is 76.9. The zero-order chi connectivity index (χ0) is 24.1. The second-order valence-corrected chi connectivity index (χ2v) is 4.65. The molecule has 16 heteroatoms. The van der Waals surface area contributed by atoms with Gasteiger partial charge in [0.25, 0.3) is 5.56 Å². The number of rotatable bonds is 4. The summed E-state index contributed by atoms with van der Waals surface area (Å²) in [5, 5.41) is 14.3. The molecule has 0 radical (unpaired) electrons. The number of esters is 2. The minimum absolute atomic E-state index is 0.290. The number of alkyl halides is 6. The van der Waals surface area contributed by atoms with Crippen LogP contribution in [0.3, 0.4) is 0 Å². The van der Waals surface area contributed by atoms with Crippen LogP contribution in [-0.4, -0.2) is 52.2 Å². The highest BCUT2D eigenvalue weighted by Gasteiger charge is 2.34. The third kappa shape index (κ3) is 14.7. The Bertz CT molecular complexity index is 747. The Morgan fingerprint density at radius 3 is 1.80 bits per heavy atom. The maximum atomic E-state index is 11.8. The molecule has 0 atom stereocenters. The summed E-state index contributed by atoms with van der Waals surface area (Å²) in [7, 11) is 0. The van der Waals surface area contributed by atoms with Crippen LogP contribution < -0.4 is 11.3 Å². The number of nitrogens with one attached hydrogen (secondary N) is 2. The lowest BCUT2D eigenvalue weighted by Gasteiger charge is -2.03. The molecule has 1 aromatic heterocycles. The normalized spacial score (nSPS) is 10.5. The van der Waals surface area contributed by atoms with E-state index in [1.807, 2.05) is 0 Å². The molecule has 0 aromatic carbocycles. The van der Waals surface area contributed by atoms with Crippen molar-refractivity contribution in [2.45, 2.75) is 32.6 Å². The van der Waals surface area contributed by atoms with Crippen LogP contribution in [0.25, 0.3) is 0 Å². The number of hydrogen-bond acceptors (Lipinski definition) is 8. The highest BCUT2D eigenvalue weighted by molar-refractivity contribution is 5.91. The van der Waals surface area contributed by atoms with Gasteiger partial charge < -0.3 is 25.3 Å². The quantitative estimate of drug-likeness (QED) is 0.175. The molecule has 172 valence electrons. The van der Waals surface area contributed by atoms with Crippen molar-refractivity contribution in [3.05, 3.63) is 22.2 Å². The molecule has 1 rings (SSSR count). The number of halogens is 6. The van der Waals surface area contributed by atoms with E-state index in [9.17, 15) is 40.7 Å². The lowest BCUT2D eigenvalue weighted by molar-refractivity contribution is -0.154. The van der Waals surface area contributed by atoms with Crippen molar-refractivity contribution < 1.29 is 50.5 Å². The molecule has 1 aromatic rings. The van der Waals surface area contributed by atoms with Gasteiger partial charge in [0.05, 0.1) is 19.3 Å². The van der Waals surface area contributed by atoms with Gasteiger partial charge in [-0.15, -0.1) is 0 Å². The zero-order valence-corrected chi connectivity index (χ0v) is 15.5. The maximum Gasteiger partial charge on any atom is 0.449 e. The number of carbonyl (C=O) groups is 2. The summed E-state index contributed by atoms with van der Waals surface area (Å²) in [5.41, 5.74) is 2.98. The monoisotopic (exact) mass is 452 g/mol. The van der Waals surface area contributed by atoms with Crippen LogP contribution >= 0.6 is 0 Å². The topological polar surface area (TPSA) is 168 Å². The molecule has 1 heterocycles. The van der Waals surface area contributed by atoms with Crippen LogP contribution in [0.15, 0.2) is 10.9 Å². The van der Waals surface area contributed by atoms with E-state index in [-0.39, 0.29) is 19.6 Å². The number of ether oxygens (including phenoxy) is 2. The molecule has 10 nitrogen and oxygen atoms in total. The fraction of sp³-hybridized carbons (Fsp3) is 0.500. The van der Waals surface area contributed by atoms with E-state index in [0.29, 0.717) is 6.07 Å². The summed E-state index contributed by atoms with van der Waals surface area (Å²) in [5.74, 6) is -5.29. The maximum absolute atomic E-state index is 11.8. The van der Waals surface area contributed by atoms with Crippen molar-refractivity contribution in [1.29, 1.82) is 5.41 Å². The molecule has 0 spiro atoms. The Balaban J connectivity index is 0. The van der Waals surface area contributed by atoms with Crippen molar-refractivity contribution in [3.63, 3.8) is 0 Å². The van der Waals surface area contributed by atoms with Gasteiger partial charge in [-0.3, -0.25) is 19.8 Å². The first-order valence-corrected chi connectivity index (χ1v) is 7.64. The Morgan fingerprint density at radius 1 is 1.13 bits per heavy atom. The van der Waals surface area contributed by atoms with Gasteiger partial charge in [0.2, 0.25) is 11.7 Å². The molecule has 0 aliphatic heterocycles. The van der Waals surface area contributed by atoms with Gasteiger partial charge in [-0.1, -0.05) is 0 Å². The lowest BCUT2D eigenvalue weighted by atomic mass is 10.4. The van der Waals surface area contributed by atoms with Crippen molar-refractivity contribution in [3.8, 4) is 5.88 Å². The number of aromatic nitrogens is 2. The van der Waals surface area contributed by atoms with Gasteiger partial charge >= 0.3 is 24.3 Å². The van der Waals surface area contributed by atoms with E-state index in [1.165, 1.54) is 4.98 Å². The van der Waals surface area contributed by atoms with E-state index in [4.69, 9.17) is 10.5 Å². The van der Waals surface area contributed by atoms with Crippen molar-refractivity contribution in [1.82, 2.24) is 9.97 Å². The molecule has 0 amide bonds. The second-order valence-electron chi connectivity index (χ2n) is 4.65. The average Bonchev–Trinajstić information content (AvgIpc) is 2.53. The molecule has 0 unspecified atom stereocenters. The number of amidine groups is 1. The lowest BCUT2D eigenvalue weighted by Crippen LogP contribution is -2.29. The summed E-state index contributed by atoms with van der Waals surface area (Å²) in [6.45, 7) is 3.95. The molecule has 30 heavy (non-hydrogen) atoms. The molecule has 0 bridgehead atoms. The van der Waals surface area contributed by atoms with Crippen LogP contribution in [0.5, 0.6) is 5.88 Å². The van der Waals surface area contributed by atoms with Gasteiger partial charge in [0.1, 0.15) is 6.42 Å². The van der Waals surface area contributed by atoms with E-state index in [2.05, 4.69) is 20.2 Å². The number of nitrogens with zero attached hydrogens (tertiary/aromatic N) is 1. The Labute approximate surface area is 164 Å². The fourth-order valence-corrected chi connectivity index (χ4v) is 1.12. The van der Waals surface area contributed by atoms with E-state index in [0.717, 1.165) is 0 Å². The minimum Gasteiger partial charge on any atom is -0.493 e. The Hall–Kier alpha value is -3.33. The van der Waals surface area contributed by atoms with E-state index < -0.39 is 47.4 Å². The molecular formula is C14H18F6N4O6. The number of aromatic hydroxyl groups is 1. The van der Waals surface area contributed by atoms with Crippen molar-refractivity contribution >= 4 is 17.8 Å². The largest absolute Gasteiger partial charge is 0.493 e. The van der Waals surface area contributed by atoms with Crippen molar-refractivity contribution in [2.24, 2.45) is 5.73 Å². The van der Waals surface area contributed by atoms with Crippen LogP contribution in [0.2, 0.25) is 0 Å². The highest BCUT2D eigenvalue weighted by Crippen LogP contribution is 2.25. The molecule has 5 N–H and O–H groups in total. The highest BCUT2D eigenvalue weighted by atomic mass is 19.4. The summed E-state index contributed by atoms with van der Waals surface area (Å²) in [6.07, 6.45) is -9.68. The SMILES string of the molecule is CCOC(=O)CC(=O)OCC.N=C(N)C(F)(F)F.O=c1cc(O)nc(C(F)(F)F)[nH]1. The fourth-order valence-electron chi connectivity index (χ4n) is 1.12. The van der Waals surface area contributed by atoms with Crippen LogP contribution in [0.4, 0.5) is 26.3 Å². The van der Waals surface area contributed by atoms with E-state index in [1.54, 1.807) is 13.8 Å². The molecule has 0 aliphatic carbocycles. The molecule has 0 fully saturated rings. The number of hydrogen-bond donors (Lipinski definition) is 4. The van der Waals surface area contributed by atoms with Crippen LogP contribution in [0, 0.1) is 5.41 Å². The number of aromatic amines is 1. The second kappa shape index (κ2) is 13.0. The first-order chi connectivity index (χ1) is 13.5. The van der Waals surface area contributed by atoms with E-state index >= 15 is 0 Å². The standard InChI is InChI=1S/C7H12O4.C5H3F3N2O2.C2H3F3N2/c1-3-10-6(8)5-7(9)11-4-2;6-5(7,8)4-9-2(11)1-3(12)10-4;3-2(4,5)1(6)7/h3-5H2,1-2H3;1H,(H2,9,10,11,12);(H3,6,7). The third-order valence-corrected chi connectivity index (χ3v) is 2.20. The van der Waals surface area contributed by atoms with Gasteiger partial charge in [-0.05, 0) is 13.8 Å². The van der Waals surface area contributed by atoms with Gasteiger partial charge in [0, 0.05) is 0 Å². The van der Waals surface area contributed by atoms with Crippen molar-refractivity contribution in [2.75, 3.05) is 13.2 Å². The number of H-pyrrole nitrogens is 1. The third-order valence-electron chi connectivity index (χ3n) is 2.20. The minimum atomic E-state index is -4.75. The summed E-state index contributed by atoms with van der Waals surface area (Å²) in [6, 6.07) is 0.551. The molecular weight excluding hydrogens is 434 g/mol. The smallest absolute Gasteiger partial charge is 0.449 e. The Kier molecular flexibility index (Phi) is 12.5. The van der Waals surface area contributed by atoms with Crippen LogP contribution in [0.1, 0.15) is 26.1 Å². The average molecular weight is 452 g/mol. The van der Waals surface area contributed by atoms with Gasteiger partial charge in [-0.25, -0.2) is 0 Å². The summed E-state index contributed by atoms with van der Waals surface area (Å²) in [4.78, 5) is 35.7. The predicted molar refractivity (Wildman–Crippen MR) is 87.4 cm³/mol. The first kappa shape index (κ1) is 28.9. The molecule has 0 saturated heterocycles. The zero-order valence-electron chi connectivity index (χ0n) is 15.5. The predicted octanol–water partition coefficient (Wildman–Crippen LogP) is 1.48.